The van der Waals surface area contributed by atoms with E-state index in [1.54, 1.807) is 18.2 Å². The smallest absolute Gasteiger partial charge is 0.323 e. The fourth-order valence-corrected chi connectivity index (χ4v) is 3.52. The Bertz CT molecular complexity index is 1020. The Labute approximate surface area is 147 Å². The van der Waals surface area contributed by atoms with Crippen LogP contribution in [0.2, 0.25) is 0 Å². The number of thiazole rings is 1. The molecule has 1 heterocycles. The van der Waals surface area contributed by atoms with E-state index in [9.17, 15) is 14.7 Å². The number of carboxylic acid groups (broad SMARTS) is 1. The Balaban J connectivity index is 2.19. The molecule has 0 unspecified atom stereocenters. The molecule has 0 radical (unpaired) electrons. The van der Waals surface area contributed by atoms with Gasteiger partial charge in [-0.1, -0.05) is 35.1 Å². The van der Waals surface area contributed by atoms with Crippen molar-refractivity contribution in [3.05, 3.63) is 58.4 Å². The number of carboxylic acids is 1. The Morgan fingerprint density at radius 1 is 1.20 bits per heavy atom. The number of para-hydroxylation sites is 1. The SMILES string of the molecule is COc1cccc2s/c(=N\C(=O)c3ccc(C)cc3)n(CC(=O)O)c12. The van der Waals surface area contributed by atoms with Crippen LogP contribution in [0.5, 0.6) is 5.75 Å². The van der Waals surface area contributed by atoms with Gasteiger partial charge in [-0.25, -0.2) is 0 Å². The van der Waals surface area contributed by atoms with Gasteiger partial charge >= 0.3 is 5.97 Å². The quantitative estimate of drug-likeness (QED) is 0.779. The zero-order valence-corrected chi connectivity index (χ0v) is 14.5. The molecule has 0 fully saturated rings. The molecule has 0 saturated heterocycles. The molecule has 0 aliphatic carbocycles. The number of amides is 1. The summed E-state index contributed by atoms with van der Waals surface area (Å²) in [6.45, 7) is 1.63. The van der Waals surface area contributed by atoms with Gasteiger partial charge in [0.15, 0.2) is 4.80 Å². The van der Waals surface area contributed by atoms with Crippen LogP contribution in [0.3, 0.4) is 0 Å². The fourth-order valence-electron chi connectivity index (χ4n) is 2.48. The molecule has 128 valence electrons. The van der Waals surface area contributed by atoms with Crippen LogP contribution in [0.1, 0.15) is 15.9 Å². The van der Waals surface area contributed by atoms with E-state index in [1.807, 2.05) is 31.2 Å². The molecule has 1 aromatic heterocycles. The van der Waals surface area contributed by atoms with E-state index >= 15 is 0 Å². The average molecular weight is 356 g/mol. The molecule has 0 spiro atoms. The van der Waals surface area contributed by atoms with E-state index in [4.69, 9.17) is 4.74 Å². The Morgan fingerprint density at radius 3 is 2.56 bits per heavy atom. The topological polar surface area (TPSA) is 80.9 Å². The molecule has 3 rings (SSSR count). The lowest BCUT2D eigenvalue weighted by atomic mass is 10.1. The van der Waals surface area contributed by atoms with Crippen LogP contribution in [0.25, 0.3) is 10.2 Å². The predicted octanol–water partition coefficient (Wildman–Crippen LogP) is 2.85. The molecule has 0 aliphatic rings. The summed E-state index contributed by atoms with van der Waals surface area (Å²) < 4.78 is 7.63. The number of aryl methyl sites for hydroxylation is 1. The maximum absolute atomic E-state index is 12.4. The average Bonchev–Trinajstić information content (AvgIpc) is 2.92. The number of carbonyl (C=O) groups excluding carboxylic acids is 1. The summed E-state index contributed by atoms with van der Waals surface area (Å²) in [4.78, 5) is 28.2. The van der Waals surface area contributed by atoms with Gasteiger partial charge in [0.05, 0.1) is 11.8 Å². The highest BCUT2D eigenvalue weighted by Crippen LogP contribution is 2.27. The van der Waals surface area contributed by atoms with Crippen molar-refractivity contribution in [3.8, 4) is 5.75 Å². The summed E-state index contributed by atoms with van der Waals surface area (Å²) in [7, 11) is 1.52. The van der Waals surface area contributed by atoms with Crippen LogP contribution in [0.4, 0.5) is 0 Å². The number of aliphatic carboxylic acids is 1. The van der Waals surface area contributed by atoms with Gasteiger partial charge in [0.1, 0.15) is 17.8 Å². The third kappa shape index (κ3) is 3.46. The van der Waals surface area contributed by atoms with Crippen molar-refractivity contribution >= 4 is 33.4 Å². The number of carbonyl (C=O) groups is 2. The maximum atomic E-state index is 12.4. The van der Waals surface area contributed by atoms with Gasteiger partial charge in [-0.05, 0) is 31.2 Å². The molecular formula is C18H16N2O4S. The molecule has 3 aromatic rings. The molecule has 1 amide bonds. The number of fused-ring (bicyclic) bond motifs is 1. The summed E-state index contributed by atoms with van der Waals surface area (Å²) in [6.07, 6.45) is 0. The second kappa shape index (κ2) is 6.90. The van der Waals surface area contributed by atoms with E-state index in [-0.39, 0.29) is 6.54 Å². The first kappa shape index (κ1) is 16.9. The zero-order chi connectivity index (χ0) is 18.0. The second-order valence-corrected chi connectivity index (χ2v) is 6.46. The molecule has 25 heavy (non-hydrogen) atoms. The first-order valence-corrected chi connectivity index (χ1v) is 8.35. The van der Waals surface area contributed by atoms with Gasteiger partial charge in [0.25, 0.3) is 5.91 Å². The monoisotopic (exact) mass is 356 g/mol. The lowest BCUT2D eigenvalue weighted by molar-refractivity contribution is -0.137. The van der Waals surface area contributed by atoms with Crippen LogP contribution in [0.15, 0.2) is 47.5 Å². The minimum Gasteiger partial charge on any atom is -0.495 e. The number of aromatic nitrogens is 1. The highest BCUT2D eigenvalue weighted by atomic mass is 32.1. The number of rotatable bonds is 4. The first-order valence-electron chi connectivity index (χ1n) is 7.53. The molecule has 2 aromatic carbocycles. The molecule has 0 bridgehead atoms. The molecular weight excluding hydrogens is 340 g/mol. The summed E-state index contributed by atoms with van der Waals surface area (Å²) in [5, 5.41) is 9.23. The lowest BCUT2D eigenvalue weighted by Crippen LogP contribution is -2.21. The summed E-state index contributed by atoms with van der Waals surface area (Å²) >= 11 is 1.25. The van der Waals surface area contributed by atoms with E-state index in [0.717, 1.165) is 10.3 Å². The Morgan fingerprint density at radius 2 is 1.92 bits per heavy atom. The van der Waals surface area contributed by atoms with Gasteiger partial charge in [0, 0.05) is 5.56 Å². The standard InChI is InChI=1S/C18H16N2O4S/c1-11-6-8-12(9-7-11)17(23)19-18-20(10-15(21)22)16-13(24-2)4-3-5-14(16)25-18/h3-9H,10H2,1-2H3,(H,21,22)/b19-18-. The molecule has 6 nitrogen and oxygen atoms in total. The zero-order valence-electron chi connectivity index (χ0n) is 13.7. The summed E-state index contributed by atoms with van der Waals surface area (Å²) in [5.74, 6) is -0.890. The van der Waals surface area contributed by atoms with Gasteiger partial charge in [-0.3, -0.25) is 9.59 Å². The van der Waals surface area contributed by atoms with Crippen LogP contribution in [-0.2, 0) is 11.3 Å². The van der Waals surface area contributed by atoms with Crippen molar-refractivity contribution in [1.29, 1.82) is 0 Å². The van der Waals surface area contributed by atoms with Crippen molar-refractivity contribution in [3.63, 3.8) is 0 Å². The van der Waals surface area contributed by atoms with Crippen LogP contribution in [-0.4, -0.2) is 28.7 Å². The molecule has 0 saturated carbocycles. The summed E-state index contributed by atoms with van der Waals surface area (Å²) in [6, 6.07) is 12.5. The molecule has 0 aliphatic heterocycles. The summed E-state index contributed by atoms with van der Waals surface area (Å²) in [5.41, 5.74) is 2.12. The molecule has 7 heteroatoms. The van der Waals surface area contributed by atoms with E-state index < -0.39 is 11.9 Å². The van der Waals surface area contributed by atoms with Crippen LogP contribution < -0.4 is 9.54 Å². The van der Waals surface area contributed by atoms with E-state index in [0.29, 0.717) is 21.6 Å². The molecule has 0 atom stereocenters. The van der Waals surface area contributed by atoms with Gasteiger partial charge < -0.3 is 14.4 Å². The largest absolute Gasteiger partial charge is 0.495 e. The number of hydrogen-bond donors (Lipinski definition) is 1. The predicted molar refractivity (Wildman–Crippen MR) is 95.1 cm³/mol. The van der Waals surface area contributed by atoms with Crippen molar-refractivity contribution in [2.45, 2.75) is 13.5 Å². The van der Waals surface area contributed by atoms with E-state index in [1.165, 1.54) is 23.0 Å². The minimum absolute atomic E-state index is 0.305. The number of ether oxygens (including phenoxy) is 1. The van der Waals surface area contributed by atoms with Gasteiger partial charge in [-0.15, -0.1) is 0 Å². The van der Waals surface area contributed by atoms with E-state index in [2.05, 4.69) is 4.99 Å². The van der Waals surface area contributed by atoms with Crippen molar-refractivity contribution in [2.24, 2.45) is 4.99 Å². The number of hydrogen-bond acceptors (Lipinski definition) is 4. The second-order valence-electron chi connectivity index (χ2n) is 5.45. The van der Waals surface area contributed by atoms with Gasteiger partial charge in [-0.2, -0.15) is 4.99 Å². The fraction of sp³-hybridized carbons (Fsp3) is 0.167. The van der Waals surface area contributed by atoms with Crippen molar-refractivity contribution in [2.75, 3.05) is 7.11 Å². The minimum atomic E-state index is -1.02. The number of benzene rings is 2. The van der Waals surface area contributed by atoms with Gasteiger partial charge in [0.2, 0.25) is 0 Å². The highest BCUT2D eigenvalue weighted by molar-refractivity contribution is 7.16. The lowest BCUT2D eigenvalue weighted by Gasteiger charge is -2.06. The molecule has 1 N–H and O–H groups in total. The normalized spacial score (nSPS) is 11.7. The highest BCUT2D eigenvalue weighted by Gasteiger charge is 2.15. The first-order chi connectivity index (χ1) is 12.0. The Kier molecular flexibility index (Phi) is 4.67. The Hall–Kier alpha value is -2.93. The van der Waals surface area contributed by atoms with Crippen molar-refractivity contribution in [1.82, 2.24) is 4.57 Å². The van der Waals surface area contributed by atoms with Crippen LogP contribution in [0, 0.1) is 6.92 Å². The van der Waals surface area contributed by atoms with Crippen LogP contribution >= 0.6 is 11.3 Å². The number of methoxy groups -OCH3 is 1. The number of nitrogens with zero attached hydrogens (tertiary/aromatic N) is 2. The maximum Gasteiger partial charge on any atom is 0.323 e. The third-order valence-corrected chi connectivity index (χ3v) is 4.72. The third-order valence-electron chi connectivity index (χ3n) is 3.67. The van der Waals surface area contributed by atoms with Crippen molar-refractivity contribution < 1.29 is 19.4 Å².